The molecule has 1 aliphatic heterocycles. The average molecular weight is 417 g/mol. The molecule has 2 aromatic rings. The minimum Gasteiger partial charge on any atom is -0.494 e. The number of benzene rings is 1. The van der Waals surface area contributed by atoms with Gasteiger partial charge in [-0.15, -0.1) is 0 Å². The van der Waals surface area contributed by atoms with Crippen molar-refractivity contribution in [1.29, 1.82) is 0 Å². The molecule has 162 valence electrons. The molecule has 0 saturated carbocycles. The molecular formula is C22H28FN3O4. The zero-order valence-corrected chi connectivity index (χ0v) is 17.5. The summed E-state index contributed by atoms with van der Waals surface area (Å²) in [4.78, 5) is 21.6. The summed E-state index contributed by atoms with van der Waals surface area (Å²) < 4.78 is 24.9. The Morgan fingerprint density at radius 1 is 1.47 bits per heavy atom. The zero-order valence-electron chi connectivity index (χ0n) is 17.5. The standard InChI is InChI=1S/C22H28FN3O4/c1-4-17(14-5-7-18(29-3)16(23)10-14)25-21(28)19-8-6-15-11-24-20(9-13(2)12-27)26-22(15)30-19/h5,7,10-11,13,17,19,27H,4,6,8-9,12H2,1-3H3,(H,25,28)/t13-,17-,19-/m1/s1. The van der Waals surface area contributed by atoms with E-state index in [0.29, 0.717) is 43.0 Å². The summed E-state index contributed by atoms with van der Waals surface area (Å²) in [6, 6.07) is 4.34. The molecule has 1 amide bonds. The van der Waals surface area contributed by atoms with E-state index in [4.69, 9.17) is 9.47 Å². The van der Waals surface area contributed by atoms with Crippen molar-refractivity contribution in [3.63, 3.8) is 0 Å². The number of nitrogens with one attached hydrogen (secondary N) is 1. The van der Waals surface area contributed by atoms with Gasteiger partial charge in [0.2, 0.25) is 5.88 Å². The van der Waals surface area contributed by atoms with Crippen LogP contribution in [-0.2, 0) is 17.6 Å². The van der Waals surface area contributed by atoms with Crippen LogP contribution in [0.3, 0.4) is 0 Å². The highest BCUT2D eigenvalue weighted by Crippen LogP contribution is 2.27. The maximum atomic E-state index is 14.1. The molecule has 0 fully saturated rings. The van der Waals surface area contributed by atoms with Crippen molar-refractivity contribution in [2.24, 2.45) is 5.92 Å². The van der Waals surface area contributed by atoms with E-state index in [1.165, 1.54) is 13.2 Å². The van der Waals surface area contributed by atoms with E-state index in [9.17, 15) is 14.3 Å². The number of halogens is 1. The lowest BCUT2D eigenvalue weighted by Gasteiger charge is -2.27. The minimum atomic E-state index is -0.673. The SMILES string of the molecule is CC[C@@H](NC(=O)[C@H]1CCc2cnc(C[C@@H](C)CO)nc2O1)c1ccc(OC)c(F)c1. The van der Waals surface area contributed by atoms with Crippen LogP contribution in [0.1, 0.15) is 49.7 Å². The molecule has 8 heteroatoms. The first-order valence-corrected chi connectivity index (χ1v) is 10.2. The van der Waals surface area contributed by atoms with E-state index in [2.05, 4.69) is 15.3 Å². The Labute approximate surface area is 175 Å². The summed E-state index contributed by atoms with van der Waals surface area (Å²) in [6.45, 7) is 3.88. The van der Waals surface area contributed by atoms with Crippen LogP contribution in [0.4, 0.5) is 4.39 Å². The number of methoxy groups -OCH3 is 1. The summed E-state index contributed by atoms with van der Waals surface area (Å²) in [6.07, 6.45) is 3.34. The fourth-order valence-electron chi connectivity index (χ4n) is 3.42. The Morgan fingerprint density at radius 2 is 2.27 bits per heavy atom. The highest BCUT2D eigenvalue weighted by Gasteiger charge is 2.29. The number of hydrogen-bond acceptors (Lipinski definition) is 6. The third-order valence-electron chi connectivity index (χ3n) is 5.24. The first kappa shape index (κ1) is 22.0. The van der Waals surface area contributed by atoms with E-state index in [1.807, 2.05) is 13.8 Å². The van der Waals surface area contributed by atoms with Crippen LogP contribution >= 0.6 is 0 Å². The topological polar surface area (TPSA) is 93.6 Å². The fraction of sp³-hybridized carbons (Fsp3) is 0.500. The van der Waals surface area contributed by atoms with Crippen molar-refractivity contribution in [2.45, 2.75) is 51.7 Å². The number of hydrogen-bond donors (Lipinski definition) is 2. The number of aromatic nitrogens is 2. The quantitative estimate of drug-likeness (QED) is 0.686. The van der Waals surface area contributed by atoms with Gasteiger partial charge in [0, 0.05) is 24.8 Å². The van der Waals surface area contributed by atoms with Crippen LogP contribution in [0.25, 0.3) is 0 Å². The predicted octanol–water partition coefficient (Wildman–Crippen LogP) is 2.76. The van der Waals surface area contributed by atoms with Crippen molar-refractivity contribution in [3.8, 4) is 11.6 Å². The molecule has 3 atom stereocenters. The number of amides is 1. The third-order valence-corrected chi connectivity index (χ3v) is 5.24. The summed E-state index contributed by atoms with van der Waals surface area (Å²) in [5.74, 6) is 0.482. The highest BCUT2D eigenvalue weighted by atomic mass is 19.1. The van der Waals surface area contributed by atoms with Crippen LogP contribution in [0, 0.1) is 11.7 Å². The van der Waals surface area contributed by atoms with Gasteiger partial charge in [0.05, 0.1) is 13.2 Å². The Balaban J connectivity index is 1.68. The summed E-state index contributed by atoms with van der Waals surface area (Å²) in [5.41, 5.74) is 1.53. The molecule has 3 rings (SSSR count). The van der Waals surface area contributed by atoms with Gasteiger partial charge < -0.3 is 19.9 Å². The fourth-order valence-corrected chi connectivity index (χ4v) is 3.42. The monoisotopic (exact) mass is 417 g/mol. The molecular weight excluding hydrogens is 389 g/mol. The lowest BCUT2D eigenvalue weighted by molar-refractivity contribution is -0.129. The summed E-state index contributed by atoms with van der Waals surface area (Å²) in [5, 5.41) is 12.2. The minimum absolute atomic E-state index is 0.0425. The van der Waals surface area contributed by atoms with Gasteiger partial charge in [-0.25, -0.2) is 9.37 Å². The van der Waals surface area contributed by atoms with Gasteiger partial charge in [0.25, 0.3) is 5.91 Å². The smallest absolute Gasteiger partial charge is 0.261 e. The molecule has 0 radical (unpaired) electrons. The molecule has 7 nitrogen and oxygen atoms in total. The number of aliphatic hydroxyl groups excluding tert-OH is 1. The molecule has 0 aliphatic carbocycles. The number of fused-ring (bicyclic) bond motifs is 1. The second-order valence-electron chi connectivity index (χ2n) is 7.62. The van der Waals surface area contributed by atoms with Crippen LogP contribution < -0.4 is 14.8 Å². The highest BCUT2D eigenvalue weighted by molar-refractivity contribution is 5.81. The predicted molar refractivity (Wildman–Crippen MR) is 109 cm³/mol. The first-order chi connectivity index (χ1) is 14.4. The number of nitrogens with zero attached hydrogens (tertiary/aromatic N) is 2. The Hall–Kier alpha value is -2.74. The molecule has 2 heterocycles. The van der Waals surface area contributed by atoms with Crippen LogP contribution in [0.15, 0.2) is 24.4 Å². The second-order valence-corrected chi connectivity index (χ2v) is 7.62. The van der Waals surface area contributed by atoms with E-state index >= 15 is 0 Å². The molecule has 0 saturated heterocycles. The average Bonchev–Trinajstić information content (AvgIpc) is 2.76. The number of carbonyl (C=O) groups is 1. The van der Waals surface area contributed by atoms with Crippen LogP contribution in [0.2, 0.25) is 0 Å². The van der Waals surface area contributed by atoms with E-state index < -0.39 is 11.9 Å². The molecule has 0 spiro atoms. The third kappa shape index (κ3) is 5.05. The number of carbonyl (C=O) groups excluding carboxylic acids is 1. The Kier molecular flexibility index (Phi) is 7.20. The molecule has 2 N–H and O–H groups in total. The van der Waals surface area contributed by atoms with Crippen molar-refractivity contribution >= 4 is 5.91 Å². The normalized spacial score (nSPS) is 17.4. The first-order valence-electron chi connectivity index (χ1n) is 10.2. The number of aryl methyl sites for hydroxylation is 1. The zero-order chi connectivity index (χ0) is 21.7. The number of ether oxygens (including phenoxy) is 2. The van der Waals surface area contributed by atoms with Gasteiger partial charge in [0.15, 0.2) is 17.7 Å². The van der Waals surface area contributed by atoms with Gasteiger partial charge in [0.1, 0.15) is 5.82 Å². The lowest BCUT2D eigenvalue weighted by atomic mass is 10.0. The van der Waals surface area contributed by atoms with Crippen molar-refractivity contribution in [1.82, 2.24) is 15.3 Å². The van der Waals surface area contributed by atoms with E-state index in [0.717, 1.165) is 5.56 Å². The second kappa shape index (κ2) is 9.84. The molecule has 1 aromatic carbocycles. The van der Waals surface area contributed by atoms with Gasteiger partial charge in [-0.05, 0) is 42.9 Å². The van der Waals surface area contributed by atoms with Gasteiger partial charge in [-0.3, -0.25) is 4.79 Å². The summed E-state index contributed by atoms with van der Waals surface area (Å²) >= 11 is 0. The largest absolute Gasteiger partial charge is 0.494 e. The van der Waals surface area contributed by atoms with Crippen LogP contribution in [0.5, 0.6) is 11.6 Å². The van der Waals surface area contributed by atoms with Crippen LogP contribution in [-0.4, -0.2) is 40.8 Å². The van der Waals surface area contributed by atoms with Gasteiger partial charge in [-0.2, -0.15) is 4.98 Å². The number of aliphatic hydroxyl groups is 1. The number of rotatable bonds is 8. The van der Waals surface area contributed by atoms with Crippen molar-refractivity contribution < 1.29 is 23.8 Å². The maximum Gasteiger partial charge on any atom is 0.261 e. The molecule has 1 aromatic heterocycles. The molecule has 30 heavy (non-hydrogen) atoms. The lowest BCUT2D eigenvalue weighted by Crippen LogP contribution is -2.42. The maximum absolute atomic E-state index is 14.1. The van der Waals surface area contributed by atoms with Crippen molar-refractivity contribution in [2.75, 3.05) is 13.7 Å². The summed E-state index contributed by atoms with van der Waals surface area (Å²) in [7, 11) is 1.41. The van der Waals surface area contributed by atoms with E-state index in [1.54, 1.807) is 18.3 Å². The van der Waals surface area contributed by atoms with E-state index in [-0.39, 0.29) is 30.2 Å². The Morgan fingerprint density at radius 3 is 2.93 bits per heavy atom. The molecule has 0 unspecified atom stereocenters. The van der Waals surface area contributed by atoms with Gasteiger partial charge >= 0.3 is 0 Å². The molecule has 0 bridgehead atoms. The molecule has 1 aliphatic rings. The van der Waals surface area contributed by atoms with Gasteiger partial charge in [-0.1, -0.05) is 19.9 Å². The Bertz CT molecular complexity index is 893. The van der Waals surface area contributed by atoms with Crippen molar-refractivity contribution in [3.05, 3.63) is 47.2 Å².